The Bertz CT molecular complexity index is 1050. The maximum absolute atomic E-state index is 13.8. The van der Waals surface area contributed by atoms with E-state index in [-0.39, 0.29) is 25.0 Å². The monoisotopic (exact) mass is 403 g/mol. The van der Waals surface area contributed by atoms with Crippen LogP contribution in [0.15, 0.2) is 72.8 Å². The van der Waals surface area contributed by atoms with Crippen LogP contribution in [0.3, 0.4) is 0 Å². The number of carbonyl (C=O) groups is 4. The fourth-order valence-electron chi connectivity index (χ4n) is 4.61. The Morgan fingerprint density at radius 3 is 2.17 bits per heavy atom. The molecule has 152 valence electrons. The Kier molecular flexibility index (Phi) is 4.86. The smallest absolute Gasteiger partial charge is 0.334 e. The van der Waals surface area contributed by atoms with Gasteiger partial charge in [-0.1, -0.05) is 60.7 Å². The summed E-state index contributed by atoms with van der Waals surface area (Å²) in [6, 6.07) is 16.8. The van der Waals surface area contributed by atoms with Gasteiger partial charge in [0.15, 0.2) is 11.3 Å². The lowest BCUT2D eigenvalue weighted by molar-refractivity contribution is -0.155. The van der Waals surface area contributed by atoms with Gasteiger partial charge >= 0.3 is 5.97 Å². The number of carbonyl (C=O) groups excluding carboxylic acids is 4. The molecule has 1 saturated heterocycles. The number of Topliss-reactive ketones (excluding diaryl/α,β-unsaturated/α-hetero) is 2. The number of hydrogen-bond donors (Lipinski definition) is 0. The average molecular weight is 403 g/mol. The standard InChI is InChI=1S/C24H21NO5/c1-2-30-22(29)24-16-10-9-15-23(24,19(26)17-11-5-3-6-12-17)20(27)21(28)25(24)18-13-7-4-8-14-18/h3-14H,2,15-16H2,1H3/t23-,24-/m0/s1. The first kappa shape index (κ1) is 19.8. The van der Waals surface area contributed by atoms with Crippen molar-refractivity contribution in [1.29, 1.82) is 0 Å². The van der Waals surface area contributed by atoms with Crippen molar-refractivity contribution in [2.24, 2.45) is 5.41 Å². The van der Waals surface area contributed by atoms with Crippen molar-refractivity contribution in [3.05, 3.63) is 78.4 Å². The molecule has 30 heavy (non-hydrogen) atoms. The van der Waals surface area contributed by atoms with Crippen molar-refractivity contribution in [1.82, 2.24) is 0 Å². The Balaban J connectivity index is 2.02. The van der Waals surface area contributed by atoms with Crippen LogP contribution in [0.1, 0.15) is 30.1 Å². The Morgan fingerprint density at radius 2 is 1.53 bits per heavy atom. The number of esters is 1. The van der Waals surface area contributed by atoms with Gasteiger partial charge in [0.05, 0.1) is 6.61 Å². The van der Waals surface area contributed by atoms with Crippen LogP contribution in [-0.2, 0) is 19.1 Å². The number of ether oxygens (including phenoxy) is 1. The van der Waals surface area contributed by atoms with Gasteiger partial charge < -0.3 is 4.74 Å². The van der Waals surface area contributed by atoms with Crippen LogP contribution in [0.4, 0.5) is 5.69 Å². The van der Waals surface area contributed by atoms with Crippen molar-refractivity contribution in [3.63, 3.8) is 0 Å². The molecule has 1 fully saturated rings. The molecule has 0 spiro atoms. The van der Waals surface area contributed by atoms with Gasteiger partial charge in [-0.05, 0) is 25.5 Å². The predicted octanol–water partition coefficient (Wildman–Crippen LogP) is 3.12. The lowest BCUT2D eigenvalue weighted by atomic mass is 9.59. The number of rotatable bonds is 5. The molecule has 2 atom stereocenters. The molecule has 0 radical (unpaired) electrons. The Labute approximate surface area is 174 Å². The van der Waals surface area contributed by atoms with Gasteiger partial charge in [-0.2, -0.15) is 0 Å². The topological polar surface area (TPSA) is 80.8 Å². The quantitative estimate of drug-likeness (QED) is 0.252. The molecule has 1 heterocycles. The number of fused-ring (bicyclic) bond motifs is 1. The molecule has 6 nitrogen and oxygen atoms in total. The van der Waals surface area contributed by atoms with Gasteiger partial charge in [-0.3, -0.25) is 19.3 Å². The zero-order valence-electron chi connectivity index (χ0n) is 16.5. The summed E-state index contributed by atoms with van der Waals surface area (Å²) in [6.45, 7) is 1.71. The van der Waals surface area contributed by atoms with Gasteiger partial charge in [0.25, 0.3) is 5.91 Å². The van der Waals surface area contributed by atoms with E-state index in [0.717, 1.165) is 0 Å². The van der Waals surface area contributed by atoms with Crippen LogP contribution in [-0.4, -0.2) is 35.6 Å². The largest absolute Gasteiger partial charge is 0.464 e. The molecule has 2 aromatic carbocycles. The SMILES string of the molecule is CCOC(=O)[C@@]12CC=CC[C@]1(C(=O)c1ccccc1)C(=O)C(=O)N2c1ccccc1. The second-order valence-corrected chi connectivity index (χ2v) is 7.37. The van der Waals surface area contributed by atoms with Gasteiger partial charge in [0, 0.05) is 17.7 Å². The van der Waals surface area contributed by atoms with Crippen molar-refractivity contribution < 1.29 is 23.9 Å². The zero-order valence-corrected chi connectivity index (χ0v) is 16.5. The first-order valence-electron chi connectivity index (χ1n) is 9.87. The third-order valence-corrected chi connectivity index (χ3v) is 5.93. The van der Waals surface area contributed by atoms with Crippen LogP contribution < -0.4 is 4.90 Å². The zero-order chi connectivity index (χ0) is 21.4. The van der Waals surface area contributed by atoms with E-state index >= 15 is 0 Å². The summed E-state index contributed by atoms with van der Waals surface area (Å²) >= 11 is 0. The van der Waals surface area contributed by atoms with Crippen molar-refractivity contribution in [3.8, 4) is 0 Å². The molecule has 2 aliphatic rings. The average Bonchev–Trinajstić information content (AvgIpc) is 3.00. The van der Waals surface area contributed by atoms with Crippen LogP contribution in [0.25, 0.3) is 0 Å². The predicted molar refractivity (Wildman–Crippen MR) is 110 cm³/mol. The molecule has 6 heteroatoms. The molecule has 0 N–H and O–H groups in total. The second kappa shape index (κ2) is 7.37. The first-order chi connectivity index (χ1) is 14.5. The minimum atomic E-state index is -1.89. The van der Waals surface area contributed by atoms with E-state index in [1.54, 1.807) is 79.7 Å². The van der Waals surface area contributed by atoms with Gasteiger partial charge in [0.2, 0.25) is 5.78 Å². The van der Waals surface area contributed by atoms with Crippen LogP contribution in [0.2, 0.25) is 0 Å². The summed E-state index contributed by atoms with van der Waals surface area (Å²) in [5.74, 6) is -3.04. The summed E-state index contributed by atoms with van der Waals surface area (Å²) in [7, 11) is 0. The highest BCUT2D eigenvalue weighted by atomic mass is 16.5. The lowest BCUT2D eigenvalue weighted by Crippen LogP contribution is -2.65. The number of anilines is 1. The highest BCUT2D eigenvalue weighted by Crippen LogP contribution is 2.55. The van der Waals surface area contributed by atoms with Crippen molar-refractivity contribution >= 4 is 29.1 Å². The van der Waals surface area contributed by atoms with E-state index < -0.39 is 34.4 Å². The van der Waals surface area contributed by atoms with E-state index in [1.807, 2.05) is 0 Å². The number of ketones is 2. The summed E-state index contributed by atoms with van der Waals surface area (Å²) in [4.78, 5) is 55.3. The molecule has 1 amide bonds. The van der Waals surface area contributed by atoms with Crippen molar-refractivity contribution in [2.75, 3.05) is 11.5 Å². The van der Waals surface area contributed by atoms with Crippen molar-refractivity contribution in [2.45, 2.75) is 25.3 Å². The van der Waals surface area contributed by atoms with Crippen LogP contribution in [0, 0.1) is 5.41 Å². The number of nitrogens with zero attached hydrogens (tertiary/aromatic N) is 1. The number of hydrogen-bond acceptors (Lipinski definition) is 5. The van der Waals surface area contributed by atoms with Gasteiger partial charge in [0.1, 0.15) is 5.41 Å². The number of amides is 1. The molecular formula is C24H21NO5. The summed E-state index contributed by atoms with van der Waals surface area (Å²) < 4.78 is 5.37. The molecule has 0 unspecified atom stereocenters. The minimum absolute atomic E-state index is 0.0107. The molecule has 1 aliphatic carbocycles. The van der Waals surface area contributed by atoms with E-state index in [2.05, 4.69) is 0 Å². The first-order valence-corrected chi connectivity index (χ1v) is 9.87. The molecule has 0 aromatic heterocycles. The molecular weight excluding hydrogens is 382 g/mol. The molecule has 0 bridgehead atoms. The third kappa shape index (κ3) is 2.49. The van der Waals surface area contributed by atoms with Crippen LogP contribution in [0.5, 0.6) is 0 Å². The highest BCUT2D eigenvalue weighted by Gasteiger charge is 2.76. The second-order valence-electron chi connectivity index (χ2n) is 7.37. The summed E-state index contributed by atoms with van der Waals surface area (Å²) in [5, 5.41) is 0. The third-order valence-electron chi connectivity index (χ3n) is 5.93. The van der Waals surface area contributed by atoms with E-state index in [0.29, 0.717) is 5.69 Å². The van der Waals surface area contributed by atoms with Crippen LogP contribution >= 0.6 is 0 Å². The normalized spacial score (nSPS) is 25.2. The number of para-hydroxylation sites is 1. The maximum atomic E-state index is 13.8. The van der Waals surface area contributed by atoms with Gasteiger partial charge in [-0.25, -0.2) is 4.79 Å². The minimum Gasteiger partial charge on any atom is -0.464 e. The highest BCUT2D eigenvalue weighted by molar-refractivity contribution is 6.53. The Morgan fingerprint density at radius 1 is 0.933 bits per heavy atom. The van der Waals surface area contributed by atoms with E-state index in [4.69, 9.17) is 4.74 Å². The Hall–Kier alpha value is -3.54. The number of allylic oxidation sites excluding steroid dienone is 1. The molecule has 2 aromatic rings. The molecule has 4 rings (SSSR count). The fraction of sp³-hybridized carbons (Fsp3) is 0.250. The number of benzene rings is 2. The summed E-state index contributed by atoms with van der Waals surface area (Å²) in [5.41, 5.74) is -3.01. The van der Waals surface area contributed by atoms with E-state index in [1.165, 1.54) is 4.90 Å². The molecule has 0 saturated carbocycles. The molecule has 1 aliphatic heterocycles. The van der Waals surface area contributed by atoms with E-state index in [9.17, 15) is 19.2 Å². The lowest BCUT2D eigenvalue weighted by Gasteiger charge is -2.45. The maximum Gasteiger partial charge on any atom is 0.334 e. The van der Waals surface area contributed by atoms with Gasteiger partial charge in [-0.15, -0.1) is 0 Å². The fourth-order valence-corrected chi connectivity index (χ4v) is 4.61. The summed E-state index contributed by atoms with van der Waals surface area (Å²) in [6.07, 6.45) is 3.39.